The summed E-state index contributed by atoms with van der Waals surface area (Å²) in [5.74, 6) is 1.65. The highest BCUT2D eigenvalue weighted by Gasteiger charge is 2.20. The Balaban J connectivity index is 2.05. The van der Waals surface area contributed by atoms with Crippen molar-refractivity contribution in [3.63, 3.8) is 0 Å². The van der Waals surface area contributed by atoms with Gasteiger partial charge in [-0.3, -0.25) is 4.90 Å². The second-order valence-electron chi connectivity index (χ2n) is 4.90. The Labute approximate surface area is 109 Å². The zero-order chi connectivity index (χ0) is 13.1. The Bertz CT molecular complexity index is 400. The van der Waals surface area contributed by atoms with E-state index in [1.165, 1.54) is 0 Å². The number of rotatable bonds is 3. The van der Waals surface area contributed by atoms with E-state index in [1.807, 2.05) is 6.07 Å². The fourth-order valence-corrected chi connectivity index (χ4v) is 2.25. The van der Waals surface area contributed by atoms with Crippen molar-refractivity contribution < 1.29 is 4.74 Å². The summed E-state index contributed by atoms with van der Waals surface area (Å²) in [5, 5.41) is 0. The molecular weight excluding hydrogens is 228 g/mol. The molecule has 2 heterocycles. The van der Waals surface area contributed by atoms with Crippen LogP contribution in [0.5, 0.6) is 5.75 Å². The van der Waals surface area contributed by atoms with Gasteiger partial charge in [0.2, 0.25) is 0 Å². The number of ether oxygens (including phenoxy) is 1. The molecule has 0 unspecified atom stereocenters. The number of piperazine rings is 1. The number of anilines is 2. The molecule has 18 heavy (non-hydrogen) atoms. The maximum absolute atomic E-state index is 5.78. The van der Waals surface area contributed by atoms with Crippen molar-refractivity contribution in [2.24, 2.45) is 0 Å². The third-order valence-electron chi connectivity index (χ3n) is 3.47. The number of hydrogen-bond donors (Lipinski definition) is 1. The molecule has 100 valence electrons. The lowest BCUT2D eigenvalue weighted by Gasteiger charge is -2.37. The zero-order valence-electron chi connectivity index (χ0n) is 11.4. The van der Waals surface area contributed by atoms with Crippen molar-refractivity contribution in [3.8, 4) is 5.75 Å². The van der Waals surface area contributed by atoms with Gasteiger partial charge in [0.15, 0.2) is 0 Å². The number of nitrogens with two attached hydrogens (primary N) is 1. The topological polar surface area (TPSA) is 54.6 Å². The van der Waals surface area contributed by atoms with Gasteiger partial charge < -0.3 is 15.4 Å². The van der Waals surface area contributed by atoms with Crippen LogP contribution in [0.1, 0.15) is 13.8 Å². The molecule has 5 heteroatoms. The van der Waals surface area contributed by atoms with Crippen LogP contribution >= 0.6 is 0 Å². The fourth-order valence-electron chi connectivity index (χ4n) is 2.25. The highest BCUT2D eigenvalue weighted by atomic mass is 16.5. The minimum Gasteiger partial charge on any atom is -0.494 e. The van der Waals surface area contributed by atoms with Gasteiger partial charge in [-0.25, -0.2) is 4.98 Å². The van der Waals surface area contributed by atoms with Crippen molar-refractivity contribution in [1.82, 2.24) is 9.88 Å². The van der Waals surface area contributed by atoms with Crippen LogP contribution in [0.2, 0.25) is 0 Å². The monoisotopic (exact) mass is 250 g/mol. The maximum Gasteiger partial charge on any atom is 0.147 e. The van der Waals surface area contributed by atoms with E-state index in [-0.39, 0.29) is 0 Å². The maximum atomic E-state index is 5.78. The van der Waals surface area contributed by atoms with Crippen molar-refractivity contribution in [3.05, 3.63) is 12.3 Å². The molecule has 0 amide bonds. The standard InChI is InChI=1S/C13H22N4O/c1-10(2)16-4-6-17(7-5-16)13-8-12(18-3)11(14)9-15-13/h8-10H,4-7,14H2,1-3H3. The molecule has 1 aromatic heterocycles. The fraction of sp³-hybridized carbons (Fsp3) is 0.615. The Morgan fingerprint density at radius 3 is 2.50 bits per heavy atom. The summed E-state index contributed by atoms with van der Waals surface area (Å²) < 4.78 is 5.23. The van der Waals surface area contributed by atoms with Crippen LogP contribution < -0.4 is 15.4 Å². The van der Waals surface area contributed by atoms with Gasteiger partial charge in [0.05, 0.1) is 19.0 Å². The highest BCUT2D eigenvalue weighted by molar-refractivity contribution is 5.57. The van der Waals surface area contributed by atoms with Gasteiger partial charge in [0.25, 0.3) is 0 Å². The summed E-state index contributed by atoms with van der Waals surface area (Å²) >= 11 is 0. The molecule has 0 radical (unpaired) electrons. The molecule has 0 saturated carbocycles. The summed E-state index contributed by atoms with van der Waals surface area (Å²) in [6.07, 6.45) is 1.67. The third-order valence-corrected chi connectivity index (χ3v) is 3.47. The van der Waals surface area contributed by atoms with Crippen LogP contribution in [0, 0.1) is 0 Å². The summed E-state index contributed by atoms with van der Waals surface area (Å²) in [6, 6.07) is 2.53. The first-order valence-corrected chi connectivity index (χ1v) is 6.40. The average Bonchev–Trinajstić information content (AvgIpc) is 2.39. The van der Waals surface area contributed by atoms with Crippen molar-refractivity contribution in [2.45, 2.75) is 19.9 Å². The lowest BCUT2D eigenvalue weighted by atomic mass is 10.2. The van der Waals surface area contributed by atoms with Crippen LogP contribution in [0.15, 0.2) is 12.3 Å². The highest BCUT2D eigenvalue weighted by Crippen LogP contribution is 2.25. The van der Waals surface area contributed by atoms with E-state index >= 15 is 0 Å². The first kappa shape index (κ1) is 13.0. The number of pyridine rings is 1. The molecule has 0 atom stereocenters. The number of nitrogens with zero attached hydrogens (tertiary/aromatic N) is 3. The Hall–Kier alpha value is -1.49. The van der Waals surface area contributed by atoms with E-state index in [0.717, 1.165) is 32.0 Å². The Morgan fingerprint density at radius 2 is 1.94 bits per heavy atom. The van der Waals surface area contributed by atoms with Gasteiger partial charge in [-0.1, -0.05) is 0 Å². The normalized spacial score (nSPS) is 17.2. The van der Waals surface area contributed by atoms with E-state index in [9.17, 15) is 0 Å². The number of aromatic nitrogens is 1. The predicted molar refractivity (Wildman–Crippen MR) is 74.1 cm³/mol. The summed E-state index contributed by atoms with van der Waals surface area (Å²) in [5.41, 5.74) is 6.36. The van der Waals surface area contributed by atoms with Crippen LogP contribution in [0.3, 0.4) is 0 Å². The molecule has 5 nitrogen and oxygen atoms in total. The molecule has 0 aliphatic carbocycles. The smallest absolute Gasteiger partial charge is 0.147 e. The molecule has 0 spiro atoms. The molecule has 1 aliphatic rings. The van der Waals surface area contributed by atoms with Crippen molar-refractivity contribution >= 4 is 11.5 Å². The molecular formula is C13H22N4O. The van der Waals surface area contributed by atoms with Gasteiger partial charge in [-0.2, -0.15) is 0 Å². The number of hydrogen-bond acceptors (Lipinski definition) is 5. The molecule has 0 aromatic carbocycles. The van der Waals surface area contributed by atoms with Gasteiger partial charge in [-0.15, -0.1) is 0 Å². The van der Waals surface area contributed by atoms with Gasteiger partial charge in [0.1, 0.15) is 11.6 Å². The first-order valence-electron chi connectivity index (χ1n) is 6.40. The van der Waals surface area contributed by atoms with Crippen molar-refractivity contribution in [1.29, 1.82) is 0 Å². The SMILES string of the molecule is COc1cc(N2CCN(C(C)C)CC2)ncc1N. The van der Waals surface area contributed by atoms with Gasteiger partial charge in [0, 0.05) is 38.3 Å². The lowest BCUT2D eigenvalue weighted by molar-refractivity contribution is 0.209. The third kappa shape index (κ3) is 2.67. The summed E-state index contributed by atoms with van der Waals surface area (Å²) in [4.78, 5) is 9.14. The molecule has 1 aliphatic heterocycles. The molecule has 1 fully saturated rings. The number of nitrogen functional groups attached to an aromatic ring is 1. The second-order valence-corrected chi connectivity index (χ2v) is 4.90. The van der Waals surface area contributed by atoms with Crippen LogP contribution in [-0.4, -0.2) is 49.2 Å². The van der Waals surface area contributed by atoms with E-state index < -0.39 is 0 Å². The van der Waals surface area contributed by atoms with E-state index in [2.05, 4.69) is 28.6 Å². The zero-order valence-corrected chi connectivity index (χ0v) is 11.4. The minimum atomic E-state index is 0.585. The molecule has 0 bridgehead atoms. The van der Waals surface area contributed by atoms with E-state index in [0.29, 0.717) is 17.5 Å². The molecule has 2 rings (SSSR count). The Kier molecular flexibility index (Phi) is 3.91. The van der Waals surface area contributed by atoms with E-state index in [4.69, 9.17) is 10.5 Å². The molecule has 1 aromatic rings. The van der Waals surface area contributed by atoms with Crippen molar-refractivity contribution in [2.75, 3.05) is 43.9 Å². The van der Waals surface area contributed by atoms with Crippen LogP contribution in [-0.2, 0) is 0 Å². The molecule has 1 saturated heterocycles. The first-order chi connectivity index (χ1) is 8.61. The molecule has 2 N–H and O–H groups in total. The Morgan fingerprint density at radius 1 is 1.28 bits per heavy atom. The largest absolute Gasteiger partial charge is 0.494 e. The van der Waals surface area contributed by atoms with Crippen LogP contribution in [0.4, 0.5) is 11.5 Å². The minimum absolute atomic E-state index is 0.585. The van der Waals surface area contributed by atoms with Gasteiger partial charge in [-0.05, 0) is 13.8 Å². The quantitative estimate of drug-likeness (QED) is 0.873. The van der Waals surface area contributed by atoms with Crippen LogP contribution in [0.25, 0.3) is 0 Å². The summed E-state index contributed by atoms with van der Waals surface area (Å²) in [6.45, 7) is 8.62. The number of methoxy groups -OCH3 is 1. The van der Waals surface area contributed by atoms with Gasteiger partial charge >= 0.3 is 0 Å². The lowest BCUT2D eigenvalue weighted by Crippen LogP contribution is -2.49. The second kappa shape index (κ2) is 5.44. The van der Waals surface area contributed by atoms with E-state index in [1.54, 1.807) is 13.3 Å². The predicted octanol–water partition coefficient (Wildman–Crippen LogP) is 1.20. The average molecular weight is 250 g/mol. The summed E-state index contributed by atoms with van der Waals surface area (Å²) in [7, 11) is 1.63.